The molecule has 0 atom stereocenters. The summed E-state index contributed by atoms with van der Waals surface area (Å²) >= 11 is 0. The van der Waals surface area contributed by atoms with Crippen LogP contribution in [0.3, 0.4) is 0 Å². The number of hydrogen-bond acceptors (Lipinski definition) is 5. The van der Waals surface area contributed by atoms with Crippen molar-refractivity contribution in [2.24, 2.45) is 0 Å². The van der Waals surface area contributed by atoms with E-state index in [1.54, 1.807) is 0 Å². The summed E-state index contributed by atoms with van der Waals surface area (Å²) in [5.74, 6) is 0. The maximum absolute atomic E-state index is 6.76. The van der Waals surface area contributed by atoms with E-state index in [2.05, 4.69) is 157 Å². The van der Waals surface area contributed by atoms with Crippen LogP contribution in [-0.2, 0) is 0 Å². The van der Waals surface area contributed by atoms with E-state index in [-0.39, 0.29) is 6.71 Å². The first-order valence-electron chi connectivity index (χ1n) is 20.4. The normalized spacial score (nSPS) is 13.3. The molecule has 13 aromatic rings. The molecule has 0 spiro atoms. The summed E-state index contributed by atoms with van der Waals surface area (Å²) in [5, 5.41) is 8.78. The number of furan rings is 4. The minimum absolute atomic E-state index is 0.0521. The molecule has 9 aromatic carbocycles. The molecule has 6 heteroatoms. The maximum Gasteiger partial charge on any atom is 0.248 e. The van der Waals surface area contributed by atoms with Crippen LogP contribution in [0.4, 0.5) is 17.1 Å². The maximum atomic E-state index is 6.76. The fourth-order valence-corrected chi connectivity index (χ4v) is 10.9. The molecule has 276 valence electrons. The van der Waals surface area contributed by atoms with E-state index in [1.807, 2.05) is 18.2 Å². The summed E-state index contributed by atoms with van der Waals surface area (Å²) in [6.45, 7) is -0.0521. The summed E-state index contributed by atoms with van der Waals surface area (Å²) in [6.07, 6.45) is 0. The van der Waals surface area contributed by atoms with Gasteiger partial charge in [0.15, 0.2) is 0 Å². The zero-order chi connectivity index (χ0) is 38.8. The molecular formula is C54H28BNO4. The number of para-hydroxylation sites is 5. The number of anilines is 3. The van der Waals surface area contributed by atoms with Gasteiger partial charge >= 0.3 is 0 Å². The van der Waals surface area contributed by atoms with Gasteiger partial charge < -0.3 is 22.6 Å². The van der Waals surface area contributed by atoms with Crippen LogP contribution in [-0.4, -0.2) is 6.71 Å². The standard InChI is InChI=1S/C54H28BNO4/c1-5-18-41-31(11-1)32-16-9-15-30(54(32)60-41)29-27-36-48-37(23-25-46-50(48)34-13-3-7-20-43(34)58-46)55-38-24-26-47-51(35-14-4-8-21-44(35)59-47)53(38)56(40(28-29)52(36)55)39-17-10-22-45-49(39)33-12-2-6-19-42(33)57-45/h1-28H. The third-order valence-electron chi connectivity index (χ3n) is 13.3. The van der Waals surface area contributed by atoms with Crippen molar-refractivity contribution in [3.8, 4) is 22.3 Å². The Balaban J connectivity index is 1.16. The van der Waals surface area contributed by atoms with Gasteiger partial charge in [-0.3, -0.25) is 0 Å². The van der Waals surface area contributed by atoms with Gasteiger partial charge in [0.05, 0.1) is 22.1 Å². The number of hydrogen-bond donors (Lipinski definition) is 0. The van der Waals surface area contributed by atoms with Crippen LogP contribution in [0.5, 0.6) is 0 Å². The molecule has 5 nitrogen and oxygen atoms in total. The fraction of sp³-hybridized carbons (Fsp3) is 0. The van der Waals surface area contributed by atoms with Crippen LogP contribution in [0.25, 0.3) is 110 Å². The van der Waals surface area contributed by atoms with E-state index in [9.17, 15) is 0 Å². The minimum atomic E-state index is -0.0521. The van der Waals surface area contributed by atoms with E-state index in [4.69, 9.17) is 17.7 Å². The van der Waals surface area contributed by atoms with Crippen LogP contribution in [0.15, 0.2) is 188 Å². The van der Waals surface area contributed by atoms with Crippen LogP contribution in [0.1, 0.15) is 0 Å². The Bertz CT molecular complexity index is 4050. The number of fused-ring (bicyclic) bond motifs is 19. The zero-order valence-corrected chi connectivity index (χ0v) is 31.8. The number of nitrogens with zero attached hydrogens (tertiary/aromatic N) is 1. The molecular weight excluding hydrogens is 737 g/mol. The molecule has 0 amide bonds. The monoisotopic (exact) mass is 765 g/mol. The van der Waals surface area contributed by atoms with E-state index in [0.29, 0.717) is 0 Å². The van der Waals surface area contributed by atoms with Crippen molar-refractivity contribution in [3.63, 3.8) is 0 Å². The predicted molar refractivity (Wildman–Crippen MR) is 246 cm³/mol. The van der Waals surface area contributed by atoms with Gasteiger partial charge in [-0.1, -0.05) is 115 Å². The average molecular weight is 766 g/mol. The summed E-state index contributed by atoms with van der Waals surface area (Å²) < 4.78 is 26.6. The molecule has 0 radical (unpaired) electrons. The fourth-order valence-electron chi connectivity index (χ4n) is 10.9. The molecule has 2 aliphatic rings. The Kier molecular flexibility index (Phi) is 5.67. The van der Waals surface area contributed by atoms with E-state index >= 15 is 0 Å². The van der Waals surface area contributed by atoms with Gasteiger partial charge in [-0.2, -0.15) is 0 Å². The van der Waals surface area contributed by atoms with E-state index < -0.39 is 0 Å². The summed E-state index contributed by atoms with van der Waals surface area (Å²) in [4.78, 5) is 2.51. The molecule has 0 fully saturated rings. The number of rotatable bonds is 2. The van der Waals surface area contributed by atoms with Crippen LogP contribution in [0.2, 0.25) is 0 Å². The summed E-state index contributed by atoms with van der Waals surface area (Å²) in [6, 6.07) is 60.3. The van der Waals surface area contributed by atoms with Gasteiger partial charge in [-0.25, -0.2) is 0 Å². The molecule has 6 heterocycles. The topological polar surface area (TPSA) is 55.8 Å². The second-order valence-electron chi connectivity index (χ2n) is 16.2. The van der Waals surface area contributed by atoms with Crippen molar-refractivity contribution in [2.75, 3.05) is 4.90 Å². The molecule has 0 N–H and O–H groups in total. The van der Waals surface area contributed by atoms with Crippen LogP contribution in [0, 0.1) is 0 Å². The van der Waals surface area contributed by atoms with Crippen molar-refractivity contribution in [2.45, 2.75) is 0 Å². The minimum Gasteiger partial charge on any atom is -0.456 e. The highest BCUT2D eigenvalue weighted by Crippen LogP contribution is 2.51. The van der Waals surface area contributed by atoms with Crippen molar-refractivity contribution in [3.05, 3.63) is 170 Å². The van der Waals surface area contributed by atoms with Crippen molar-refractivity contribution < 1.29 is 17.7 Å². The molecule has 2 aliphatic heterocycles. The molecule has 4 aromatic heterocycles. The van der Waals surface area contributed by atoms with E-state index in [1.165, 1.54) is 27.5 Å². The Morgan fingerprint density at radius 2 is 0.917 bits per heavy atom. The lowest BCUT2D eigenvalue weighted by Gasteiger charge is -2.37. The van der Waals surface area contributed by atoms with Gasteiger partial charge in [-0.05, 0) is 88.3 Å². The lowest BCUT2D eigenvalue weighted by Crippen LogP contribution is -2.54. The highest BCUT2D eigenvalue weighted by molar-refractivity contribution is 7.02. The second kappa shape index (κ2) is 11.0. The van der Waals surface area contributed by atoms with Crippen LogP contribution >= 0.6 is 0 Å². The number of benzene rings is 9. The second-order valence-corrected chi connectivity index (χ2v) is 16.2. The molecule has 0 unspecified atom stereocenters. The Labute approximate surface area is 341 Å². The van der Waals surface area contributed by atoms with Crippen molar-refractivity contribution in [1.29, 1.82) is 0 Å². The third kappa shape index (κ3) is 3.80. The van der Waals surface area contributed by atoms with Crippen molar-refractivity contribution >= 4 is 128 Å². The van der Waals surface area contributed by atoms with Gasteiger partial charge in [0, 0.05) is 43.6 Å². The van der Waals surface area contributed by atoms with E-state index in [0.717, 1.165) is 116 Å². The van der Waals surface area contributed by atoms with Crippen LogP contribution < -0.4 is 21.3 Å². The van der Waals surface area contributed by atoms with Crippen molar-refractivity contribution in [1.82, 2.24) is 0 Å². The van der Waals surface area contributed by atoms with Gasteiger partial charge in [0.25, 0.3) is 0 Å². The SMILES string of the molecule is c1ccc2c(c1)oc1c(-c3cc4c5c(c3)N(c3cccc6oc7ccccc7c36)c3c(ccc6oc7ccccc7c36)B5c3ccc5oc6ccccc6c5c3-4)cccc12. The third-order valence-corrected chi connectivity index (χ3v) is 13.3. The molecule has 60 heavy (non-hydrogen) atoms. The highest BCUT2D eigenvalue weighted by atomic mass is 16.3. The highest BCUT2D eigenvalue weighted by Gasteiger charge is 2.45. The molecule has 0 bridgehead atoms. The Morgan fingerprint density at radius 1 is 0.367 bits per heavy atom. The molecule has 0 saturated heterocycles. The molecule has 0 saturated carbocycles. The van der Waals surface area contributed by atoms with Gasteiger partial charge in [0.1, 0.15) is 44.7 Å². The lowest BCUT2D eigenvalue weighted by atomic mass is 9.37. The summed E-state index contributed by atoms with van der Waals surface area (Å²) in [7, 11) is 0. The smallest absolute Gasteiger partial charge is 0.248 e. The quantitative estimate of drug-likeness (QED) is 0.164. The average Bonchev–Trinajstić information content (AvgIpc) is 4.11. The lowest BCUT2D eigenvalue weighted by molar-refractivity contribution is 0.668. The predicted octanol–water partition coefficient (Wildman–Crippen LogP) is 13.2. The zero-order valence-electron chi connectivity index (χ0n) is 31.8. The first kappa shape index (κ1) is 31.1. The first-order valence-corrected chi connectivity index (χ1v) is 20.4. The van der Waals surface area contributed by atoms with Gasteiger partial charge in [0.2, 0.25) is 6.71 Å². The Morgan fingerprint density at radius 3 is 1.65 bits per heavy atom. The Hall–Kier alpha value is -7.96. The summed E-state index contributed by atoms with van der Waals surface area (Å²) in [5.41, 5.74) is 18.5. The molecule has 15 rings (SSSR count). The molecule has 0 aliphatic carbocycles. The first-order chi connectivity index (χ1) is 29.8. The largest absolute Gasteiger partial charge is 0.456 e. The van der Waals surface area contributed by atoms with Gasteiger partial charge in [-0.15, -0.1) is 0 Å².